The van der Waals surface area contributed by atoms with Crippen LogP contribution in [0.3, 0.4) is 0 Å². The minimum absolute atomic E-state index is 0.0729. The monoisotopic (exact) mass is 990 g/mol. The second-order valence-corrected chi connectivity index (χ2v) is 16.6. The van der Waals surface area contributed by atoms with Crippen LogP contribution >= 0.6 is 0 Å². The van der Waals surface area contributed by atoms with Crippen molar-refractivity contribution < 1.29 is 78.3 Å². The fourth-order valence-electron chi connectivity index (χ4n) is 6.88. The van der Waals surface area contributed by atoms with E-state index in [-0.39, 0.29) is 25.0 Å². The number of benzene rings is 3. The minimum Gasteiger partial charge on any atom is -0.508 e. The summed E-state index contributed by atoms with van der Waals surface area (Å²) in [6, 6.07) is 9.97. The van der Waals surface area contributed by atoms with Crippen molar-refractivity contribution in [2.75, 3.05) is 6.54 Å². The van der Waals surface area contributed by atoms with E-state index in [0.717, 1.165) is 0 Å². The number of carboxylic acid groups (broad SMARTS) is 4. The number of carbonyl (C=O) groups excluding carboxylic acids is 7. The smallest absolute Gasteiger partial charge is 0.326 e. The van der Waals surface area contributed by atoms with Crippen LogP contribution in [0.2, 0.25) is 0 Å². The van der Waals surface area contributed by atoms with E-state index in [2.05, 4.69) is 37.2 Å². The number of phenolic OH excluding ortho intramolecular Hbond substituents is 1. The molecule has 3 rings (SSSR count). The molecule has 7 amide bonds. The van der Waals surface area contributed by atoms with E-state index < -0.39 is 146 Å². The molecule has 0 saturated carbocycles. The van der Waals surface area contributed by atoms with Gasteiger partial charge < -0.3 is 68.5 Å². The highest BCUT2D eigenvalue weighted by Gasteiger charge is 2.36. The summed E-state index contributed by atoms with van der Waals surface area (Å²) in [5.41, 5.74) is 6.88. The third-order valence-corrected chi connectivity index (χ3v) is 10.6. The maximum Gasteiger partial charge on any atom is 0.326 e. The number of hydrogen-bond donors (Lipinski definition) is 13. The van der Waals surface area contributed by atoms with Crippen molar-refractivity contribution in [1.29, 1.82) is 0 Å². The number of carbonyl (C=O) groups is 11. The molecule has 0 aliphatic carbocycles. The molecule has 71 heavy (non-hydrogen) atoms. The van der Waals surface area contributed by atoms with Crippen LogP contribution in [0.4, 0.5) is 0 Å². The molecule has 3 aromatic carbocycles. The normalized spacial score (nSPS) is 13.8. The summed E-state index contributed by atoms with van der Waals surface area (Å²) < 4.78 is 0. The number of phenols is 1. The number of rotatable bonds is 29. The summed E-state index contributed by atoms with van der Waals surface area (Å²) in [7, 11) is 0. The van der Waals surface area contributed by atoms with Crippen molar-refractivity contribution >= 4 is 65.2 Å². The number of aliphatic carboxylic acids is 4. The lowest BCUT2D eigenvalue weighted by atomic mass is 10.0. The molecule has 0 bridgehead atoms. The fraction of sp³-hybridized carbons (Fsp3) is 0.383. The summed E-state index contributed by atoms with van der Waals surface area (Å²) in [6.07, 6.45) is -4.29. The first kappa shape index (κ1) is 56.9. The van der Waals surface area contributed by atoms with E-state index in [9.17, 15) is 78.3 Å². The average Bonchev–Trinajstić information content (AvgIpc) is 3.31. The molecule has 0 fully saturated rings. The Morgan fingerprint density at radius 2 is 0.803 bits per heavy atom. The maximum absolute atomic E-state index is 14.1. The first-order valence-electron chi connectivity index (χ1n) is 22.1. The molecule has 3 aromatic rings. The standard InChI is InChI=1S/C47H58N8O16/c1-25(2)40(47(70)71)55-46(69)35(23-39(62)63)54-43(66)32(19-26-9-5-3-6-10-26)51-41(64)30(17-18-37(58)59)50-45(68)34(22-38(60)61)53-44(67)33(20-27-11-7-4-8-12-27)52-42(65)31(49-36(57)24-48)21-28-13-15-29(56)16-14-28/h3-16,25,30-35,40,56H,17-24,48H2,1-2H3,(H,49,57)(H,50,68)(H,51,64)(H,52,65)(H,53,67)(H,54,66)(H,55,69)(H,58,59)(H,60,61)(H,62,63)(H,70,71)/t30-,31-,32-,33-,34-,35-,40-/m0/s1. The number of hydrogen-bond acceptors (Lipinski definition) is 13. The topological polar surface area (TPSA) is 399 Å². The van der Waals surface area contributed by atoms with Crippen LogP contribution < -0.4 is 43.0 Å². The number of nitrogens with two attached hydrogens (primary N) is 1. The van der Waals surface area contributed by atoms with Crippen LogP contribution in [-0.2, 0) is 72.0 Å². The van der Waals surface area contributed by atoms with Crippen molar-refractivity contribution in [3.63, 3.8) is 0 Å². The van der Waals surface area contributed by atoms with Gasteiger partial charge in [-0.25, -0.2) is 4.79 Å². The van der Waals surface area contributed by atoms with E-state index in [1.54, 1.807) is 60.7 Å². The molecule has 7 atom stereocenters. The second kappa shape index (κ2) is 28.2. The van der Waals surface area contributed by atoms with Gasteiger partial charge in [0.1, 0.15) is 48.0 Å². The zero-order chi connectivity index (χ0) is 52.8. The van der Waals surface area contributed by atoms with Crippen LogP contribution in [-0.4, -0.2) is 140 Å². The van der Waals surface area contributed by atoms with Crippen molar-refractivity contribution in [2.24, 2.45) is 11.7 Å². The Morgan fingerprint density at radius 1 is 0.451 bits per heavy atom. The van der Waals surface area contributed by atoms with Gasteiger partial charge >= 0.3 is 23.9 Å². The first-order chi connectivity index (χ1) is 33.6. The van der Waals surface area contributed by atoms with Crippen molar-refractivity contribution in [3.8, 4) is 5.75 Å². The third-order valence-electron chi connectivity index (χ3n) is 10.6. The largest absolute Gasteiger partial charge is 0.508 e. The Balaban J connectivity index is 1.96. The molecule has 0 spiro atoms. The van der Waals surface area contributed by atoms with Gasteiger partial charge in [-0.05, 0) is 41.2 Å². The number of amides is 7. The summed E-state index contributed by atoms with van der Waals surface area (Å²) in [4.78, 5) is 143. The summed E-state index contributed by atoms with van der Waals surface area (Å²) >= 11 is 0. The van der Waals surface area contributed by atoms with Gasteiger partial charge in [-0.3, -0.25) is 47.9 Å². The fourth-order valence-corrected chi connectivity index (χ4v) is 6.88. The van der Waals surface area contributed by atoms with Crippen LogP contribution in [0.1, 0.15) is 56.2 Å². The number of aromatic hydroxyl groups is 1. The van der Waals surface area contributed by atoms with Crippen LogP contribution in [0.15, 0.2) is 84.9 Å². The van der Waals surface area contributed by atoms with Gasteiger partial charge in [0.2, 0.25) is 41.4 Å². The van der Waals surface area contributed by atoms with Crippen LogP contribution in [0.25, 0.3) is 0 Å². The molecule has 0 heterocycles. The number of nitrogens with one attached hydrogen (secondary N) is 7. The Labute approximate surface area is 406 Å². The highest BCUT2D eigenvalue weighted by molar-refractivity contribution is 5.99. The Kier molecular flexibility index (Phi) is 22.6. The molecule has 14 N–H and O–H groups in total. The number of carboxylic acids is 4. The molecule has 0 aliphatic rings. The molecule has 0 radical (unpaired) electrons. The van der Waals surface area contributed by atoms with E-state index in [0.29, 0.717) is 16.7 Å². The zero-order valence-corrected chi connectivity index (χ0v) is 38.7. The molecule has 24 heteroatoms. The maximum atomic E-state index is 14.1. The predicted octanol–water partition coefficient (Wildman–Crippen LogP) is -1.67. The average molecular weight is 991 g/mol. The summed E-state index contributed by atoms with van der Waals surface area (Å²) in [5.74, 6) is -14.4. The van der Waals surface area contributed by atoms with E-state index >= 15 is 0 Å². The Bertz CT molecular complexity index is 2370. The van der Waals surface area contributed by atoms with Crippen LogP contribution in [0.5, 0.6) is 5.75 Å². The molecular weight excluding hydrogens is 933 g/mol. The van der Waals surface area contributed by atoms with Gasteiger partial charge in [0.25, 0.3) is 0 Å². The molecule has 0 unspecified atom stereocenters. The first-order valence-corrected chi connectivity index (χ1v) is 22.1. The van der Waals surface area contributed by atoms with Gasteiger partial charge in [0, 0.05) is 25.7 Å². The molecule has 0 saturated heterocycles. The summed E-state index contributed by atoms with van der Waals surface area (Å²) in [6.45, 7) is 2.44. The van der Waals surface area contributed by atoms with Crippen molar-refractivity contribution in [3.05, 3.63) is 102 Å². The van der Waals surface area contributed by atoms with Gasteiger partial charge in [-0.2, -0.15) is 0 Å². The predicted molar refractivity (Wildman–Crippen MR) is 249 cm³/mol. The quantitative estimate of drug-likeness (QED) is 0.0370. The second-order valence-electron chi connectivity index (χ2n) is 16.6. The third kappa shape index (κ3) is 20.0. The molecule has 0 aliphatic heterocycles. The van der Waals surface area contributed by atoms with Gasteiger partial charge in [0.15, 0.2) is 0 Å². The molecule has 0 aromatic heterocycles. The zero-order valence-electron chi connectivity index (χ0n) is 38.7. The van der Waals surface area contributed by atoms with Gasteiger partial charge in [-0.1, -0.05) is 86.6 Å². The van der Waals surface area contributed by atoms with Gasteiger partial charge in [-0.15, -0.1) is 0 Å². The lowest BCUT2D eigenvalue weighted by Crippen LogP contribution is -2.61. The lowest BCUT2D eigenvalue weighted by molar-refractivity contribution is -0.145. The highest BCUT2D eigenvalue weighted by Crippen LogP contribution is 2.14. The summed E-state index contributed by atoms with van der Waals surface area (Å²) in [5, 5.41) is 64.6. The van der Waals surface area contributed by atoms with Crippen LogP contribution in [0, 0.1) is 5.92 Å². The minimum atomic E-state index is -2.00. The van der Waals surface area contributed by atoms with Gasteiger partial charge in [0.05, 0.1) is 19.4 Å². The van der Waals surface area contributed by atoms with E-state index in [4.69, 9.17) is 5.73 Å². The lowest BCUT2D eigenvalue weighted by Gasteiger charge is -2.27. The van der Waals surface area contributed by atoms with Crippen molar-refractivity contribution in [2.45, 2.75) is 101 Å². The molecule has 24 nitrogen and oxygen atoms in total. The van der Waals surface area contributed by atoms with Crippen molar-refractivity contribution in [1.82, 2.24) is 37.2 Å². The van der Waals surface area contributed by atoms with E-state index in [1.807, 2.05) is 0 Å². The Hall–Kier alpha value is -8.41. The SMILES string of the molecule is CC(C)[C@H](NC(=O)[C@H](CC(=O)O)NC(=O)[C@H](Cc1ccccc1)NC(=O)[C@H](CCC(=O)O)NC(=O)[C@H](CC(=O)O)NC(=O)[C@H](Cc1ccccc1)NC(=O)[C@H](Cc1ccc(O)cc1)NC(=O)CN)C(=O)O. The molecular formula is C47H58N8O16. The highest BCUT2D eigenvalue weighted by atomic mass is 16.4. The molecule has 382 valence electrons. The van der Waals surface area contributed by atoms with E-state index in [1.165, 1.54) is 38.1 Å². The Morgan fingerprint density at radius 3 is 1.18 bits per heavy atom.